The number of rotatable bonds is 8. The van der Waals surface area contributed by atoms with Gasteiger partial charge < -0.3 is 10.2 Å². The molecule has 1 aliphatic rings. The van der Waals surface area contributed by atoms with E-state index in [4.69, 9.17) is 0 Å². The molecule has 0 atom stereocenters. The SMILES string of the molecule is CCN(CC)S(=O)(=O)c1cccc(NC(=O)c2ccc(N3CCCCC3)c([N+](=O)[O-])c2)c1. The number of nitrogens with zero attached hydrogens (tertiary/aromatic N) is 3. The third-order valence-electron chi connectivity index (χ3n) is 5.57. The van der Waals surface area contributed by atoms with Crippen molar-refractivity contribution < 1.29 is 18.1 Å². The van der Waals surface area contributed by atoms with Crippen LogP contribution in [0.1, 0.15) is 43.5 Å². The molecule has 172 valence electrons. The van der Waals surface area contributed by atoms with Gasteiger partial charge in [-0.05, 0) is 49.6 Å². The van der Waals surface area contributed by atoms with Gasteiger partial charge in [0, 0.05) is 43.5 Å². The zero-order valence-electron chi connectivity index (χ0n) is 18.3. The predicted octanol–water partition coefficient (Wildman–Crippen LogP) is 3.87. The summed E-state index contributed by atoms with van der Waals surface area (Å²) in [4.78, 5) is 26.0. The molecule has 1 N–H and O–H groups in total. The minimum atomic E-state index is -3.67. The lowest BCUT2D eigenvalue weighted by Gasteiger charge is -2.28. The van der Waals surface area contributed by atoms with E-state index in [1.54, 1.807) is 38.1 Å². The van der Waals surface area contributed by atoms with Crippen molar-refractivity contribution in [3.8, 4) is 0 Å². The number of piperidine rings is 1. The van der Waals surface area contributed by atoms with E-state index in [-0.39, 0.29) is 16.1 Å². The molecule has 0 bridgehead atoms. The molecule has 0 unspecified atom stereocenters. The van der Waals surface area contributed by atoms with E-state index in [0.717, 1.165) is 32.4 Å². The van der Waals surface area contributed by atoms with Crippen molar-refractivity contribution in [3.63, 3.8) is 0 Å². The number of benzene rings is 2. The molecule has 1 saturated heterocycles. The molecule has 0 radical (unpaired) electrons. The van der Waals surface area contributed by atoms with E-state index in [0.29, 0.717) is 24.5 Å². The summed E-state index contributed by atoms with van der Waals surface area (Å²) in [5.41, 5.74) is 0.830. The molecule has 0 spiro atoms. The summed E-state index contributed by atoms with van der Waals surface area (Å²) in [5.74, 6) is -0.546. The Balaban J connectivity index is 1.84. The summed E-state index contributed by atoms with van der Waals surface area (Å²) in [7, 11) is -3.67. The smallest absolute Gasteiger partial charge is 0.293 e. The molecule has 0 aliphatic carbocycles. The molecule has 10 heteroatoms. The van der Waals surface area contributed by atoms with Gasteiger partial charge in [0.05, 0.1) is 9.82 Å². The summed E-state index contributed by atoms with van der Waals surface area (Å²) < 4.78 is 26.8. The number of carbonyl (C=O) groups excluding carboxylic acids is 1. The topological polar surface area (TPSA) is 113 Å². The van der Waals surface area contributed by atoms with Crippen LogP contribution in [0.5, 0.6) is 0 Å². The fourth-order valence-electron chi connectivity index (χ4n) is 3.86. The quantitative estimate of drug-likeness (QED) is 0.473. The average molecular weight is 461 g/mol. The van der Waals surface area contributed by atoms with Crippen LogP contribution in [0.15, 0.2) is 47.4 Å². The molecular formula is C22H28N4O5S. The zero-order chi connectivity index (χ0) is 23.3. The van der Waals surface area contributed by atoms with Crippen molar-refractivity contribution in [1.82, 2.24) is 4.31 Å². The molecule has 1 amide bonds. The van der Waals surface area contributed by atoms with Gasteiger partial charge in [-0.15, -0.1) is 0 Å². The summed E-state index contributed by atoms with van der Waals surface area (Å²) >= 11 is 0. The lowest BCUT2D eigenvalue weighted by atomic mass is 10.1. The Morgan fingerprint density at radius 1 is 1.09 bits per heavy atom. The first-order chi connectivity index (χ1) is 15.3. The molecule has 0 saturated carbocycles. The highest BCUT2D eigenvalue weighted by Crippen LogP contribution is 2.31. The number of sulfonamides is 1. The van der Waals surface area contributed by atoms with E-state index in [2.05, 4.69) is 5.32 Å². The number of hydrogen-bond acceptors (Lipinski definition) is 6. The van der Waals surface area contributed by atoms with Gasteiger partial charge in [-0.25, -0.2) is 8.42 Å². The fourth-order valence-corrected chi connectivity index (χ4v) is 5.37. The molecule has 0 aromatic heterocycles. The highest BCUT2D eigenvalue weighted by molar-refractivity contribution is 7.89. The van der Waals surface area contributed by atoms with E-state index in [9.17, 15) is 23.3 Å². The van der Waals surface area contributed by atoms with Crippen molar-refractivity contribution in [1.29, 1.82) is 0 Å². The summed E-state index contributed by atoms with van der Waals surface area (Å²) in [6.07, 6.45) is 3.06. The number of nitro benzene ring substituents is 1. The first-order valence-electron chi connectivity index (χ1n) is 10.7. The maximum Gasteiger partial charge on any atom is 0.293 e. The Kier molecular flexibility index (Phi) is 7.47. The lowest BCUT2D eigenvalue weighted by molar-refractivity contribution is -0.384. The van der Waals surface area contributed by atoms with Gasteiger partial charge in [0.1, 0.15) is 5.69 Å². The maximum atomic E-state index is 12.8. The Labute approximate surface area is 188 Å². The Morgan fingerprint density at radius 2 is 1.78 bits per heavy atom. The van der Waals surface area contributed by atoms with Crippen LogP contribution in [0.3, 0.4) is 0 Å². The largest absolute Gasteiger partial charge is 0.366 e. The summed E-state index contributed by atoms with van der Waals surface area (Å²) in [5, 5.41) is 14.3. The normalized spacial score (nSPS) is 14.4. The average Bonchev–Trinajstić information content (AvgIpc) is 2.80. The Hall–Kier alpha value is -2.98. The number of anilines is 2. The molecule has 2 aromatic carbocycles. The number of amides is 1. The molecule has 9 nitrogen and oxygen atoms in total. The number of hydrogen-bond donors (Lipinski definition) is 1. The van der Waals surface area contributed by atoms with Crippen LogP contribution in [0, 0.1) is 10.1 Å². The molecule has 1 heterocycles. The third-order valence-corrected chi connectivity index (χ3v) is 7.61. The molecule has 1 aliphatic heterocycles. The van der Waals surface area contributed by atoms with Gasteiger partial charge >= 0.3 is 0 Å². The van der Waals surface area contributed by atoms with E-state index in [1.165, 1.54) is 22.5 Å². The van der Waals surface area contributed by atoms with Crippen LogP contribution < -0.4 is 10.2 Å². The minimum absolute atomic E-state index is 0.0745. The van der Waals surface area contributed by atoms with Gasteiger partial charge in [0.15, 0.2) is 0 Å². The van der Waals surface area contributed by atoms with Gasteiger partial charge in [0.25, 0.3) is 11.6 Å². The zero-order valence-corrected chi connectivity index (χ0v) is 19.1. The number of nitrogens with one attached hydrogen (secondary N) is 1. The van der Waals surface area contributed by atoms with Crippen molar-refractivity contribution in [2.75, 3.05) is 36.4 Å². The second-order valence-electron chi connectivity index (χ2n) is 7.58. The highest BCUT2D eigenvalue weighted by atomic mass is 32.2. The molecule has 2 aromatic rings. The van der Waals surface area contributed by atoms with Crippen molar-refractivity contribution in [3.05, 3.63) is 58.1 Å². The lowest BCUT2D eigenvalue weighted by Crippen LogP contribution is -2.30. The second-order valence-corrected chi connectivity index (χ2v) is 9.52. The minimum Gasteiger partial charge on any atom is -0.366 e. The van der Waals surface area contributed by atoms with Crippen LogP contribution in [-0.4, -0.2) is 49.7 Å². The summed E-state index contributed by atoms with van der Waals surface area (Å²) in [6.45, 7) is 5.69. The Morgan fingerprint density at radius 3 is 2.41 bits per heavy atom. The summed E-state index contributed by atoms with van der Waals surface area (Å²) in [6, 6.07) is 10.4. The Bertz CT molecular complexity index is 1090. The standard InChI is InChI=1S/C22H28N4O5S/c1-3-25(4-2)32(30,31)19-10-8-9-18(16-19)23-22(27)17-11-12-20(21(15-17)26(28)29)24-13-6-5-7-14-24/h8-12,15-16H,3-7,13-14H2,1-2H3,(H,23,27). The number of nitro groups is 1. The molecular weight excluding hydrogens is 432 g/mol. The van der Waals surface area contributed by atoms with Gasteiger partial charge in [-0.2, -0.15) is 4.31 Å². The van der Waals surface area contributed by atoms with Crippen LogP contribution in [-0.2, 0) is 10.0 Å². The molecule has 1 fully saturated rings. The second kappa shape index (κ2) is 10.1. The van der Waals surface area contributed by atoms with Gasteiger partial charge in [-0.3, -0.25) is 14.9 Å². The fraction of sp³-hybridized carbons (Fsp3) is 0.409. The van der Waals surface area contributed by atoms with Crippen LogP contribution >= 0.6 is 0 Å². The first-order valence-corrected chi connectivity index (χ1v) is 12.2. The van der Waals surface area contributed by atoms with Crippen LogP contribution in [0.4, 0.5) is 17.1 Å². The van der Waals surface area contributed by atoms with Crippen LogP contribution in [0.25, 0.3) is 0 Å². The monoisotopic (exact) mass is 460 g/mol. The number of carbonyl (C=O) groups is 1. The van der Waals surface area contributed by atoms with E-state index in [1.807, 2.05) is 4.90 Å². The molecule has 32 heavy (non-hydrogen) atoms. The van der Waals surface area contributed by atoms with Crippen LogP contribution in [0.2, 0.25) is 0 Å². The van der Waals surface area contributed by atoms with Crippen molar-refractivity contribution >= 4 is 33.0 Å². The third kappa shape index (κ3) is 5.08. The van der Waals surface area contributed by atoms with E-state index < -0.39 is 20.9 Å². The van der Waals surface area contributed by atoms with Crippen molar-refractivity contribution in [2.24, 2.45) is 0 Å². The first kappa shape index (κ1) is 23.7. The molecule has 3 rings (SSSR count). The maximum absolute atomic E-state index is 12.8. The van der Waals surface area contributed by atoms with E-state index >= 15 is 0 Å². The van der Waals surface area contributed by atoms with Gasteiger partial charge in [-0.1, -0.05) is 19.9 Å². The predicted molar refractivity (Wildman–Crippen MR) is 124 cm³/mol. The van der Waals surface area contributed by atoms with Gasteiger partial charge in [0.2, 0.25) is 10.0 Å². The highest BCUT2D eigenvalue weighted by Gasteiger charge is 2.24. The van der Waals surface area contributed by atoms with Crippen molar-refractivity contribution in [2.45, 2.75) is 38.0 Å².